The number of carbonyl (C=O) groups excluding carboxylic acids is 3. The van der Waals surface area contributed by atoms with Gasteiger partial charge < -0.3 is 20.1 Å². The Hall–Kier alpha value is -2.91. The van der Waals surface area contributed by atoms with Crippen LogP contribution in [0.2, 0.25) is 0 Å². The maximum absolute atomic E-state index is 12.6. The van der Waals surface area contributed by atoms with Crippen LogP contribution in [0.1, 0.15) is 35.3 Å². The van der Waals surface area contributed by atoms with Crippen LogP contribution in [0, 0.1) is 13.8 Å². The van der Waals surface area contributed by atoms with Gasteiger partial charge in [0.2, 0.25) is 5.91 Å². The minimum Gasteiger partial charge on any atom is -0.481 e. The van der Waals surface area contributed by atoms with Crippen LogP contribution in [-0.4, -0.2) is 31.0 Å². The van der Waals surface area contributed by atoms with Gasteiger partial charge in [-0.15, -0.1) is 11.3 Å². The molecule has 1 heterocycles. The molecular weight excluding hydrogens is 496 g/mol. The summed E-state index contributed by atoms with van der Waals surface area (Å²) in [6.45, 7) is 6.90. The highest BCUT2D eigenvalue weighted by atomic mass is 79.9. The molecule has 32 heavy (non-hydrogen) atoms. The number of thiophene rings is 1. The predicted molar refractivity (Wildman–Crippen MR) is 130 cm³/mol. The summed E-state index contributed by atoms with van der Waals surface area (Å²) in [7, 11) is 0. The Balaban J connectivity index is 1.92. The van der Waals surface area contributed by atoms with E-state index in [1.807, 2.05) is 32.0 Å². The van der Waals surface area contributed by atoms with Crippen LogP contribution in [0.3, 0.4) is 0 Å². The van der Waals surface area contributed by atoms with Crippen LogP contribution in [0.5, 0.6) is 5.75 Å². The van der Waals surface area contributed by atoms with Gasteiger partial charge in [-0.3, -0.25) is 9.59 Å². The highest BCUT2D eigenvalue weighted by Gasteiger charge is 2.24. The van der Waals surface area contributed by atoms with E-state index in [1.165, 1.54) is 18.3 Å². The standard InChI is InChI=1S/C23H23BrN2O5S/c1-5-30-23(29)18-15-9-10-16(24)20(21(15)32-22(18)25-14(4)27)31-11-17(28)26-19-12(2)7-6-8-13(19)3/h6-10H,5,11H2,1-4H3,(H,25,27)(H,26,28). The van der Waals surface area contributed by atoms with Gasteiger partial charge in [0.1, 0.15) is 10.6 Å². The Morgan fingerprint density at radius 3 is 2.38 bits per heavy atom. The molecule has 3 rings (SSSR count). The lowest BCUT2D eigenvalue weighted by Gasteiger charge is -2.13. The fourth-order valence-corrected chi connectivity index (χ4v) is 5.04. The number of anilines is 2. The molecule has 168 valence electrons. The number of nitrogens with one attached hydrogen (secondary N) is 2. The number of amides is 2. The number of carbonyl (C=O) groups is 3. The molecule has 2 N–H and O–H groups in total. The number of aryl methyl sites for hydroxylation is 2. The van der Waals surface area contributed by atoms with Gasteiger partial charge in [-0.1, -0.05) is 24.3 Å². The summed E-state index contributed by atoms with van der Waals surface area (Å²) >= 11 is 4.64. The molecule has 0 fully saturated rings. The summed E-state index contributed by atoms with van der Waals surface area (Å²) in [5.74, 6) is -0.748. The van der Waals surface area contributed by atoms with Crippen molar-refractivity contribution >= 4 is 65.8 Å². The summed E-state index contributed by atoms with van der Waals surface area (Å²) in [5.41, 5.74) is 2.93. The van der Waals surface area contributed by atoms with E-state index < -0.39 is 5.97 Å². The van der Waals surface area contributed by atoms with Crippen LogP contribution >= 0.6 is 27.3 Å². The van der Waals surface area contributed by atoms with Gasteiger partial charge in [0.15, 0.2) is 12.4 Å². The number of esters is 1. The quantitative estimate of drug-likeness (QED) is 0.406. The second-order valence-corrected chi connectivity index (χ2v) is 8.94. The van der Waals surface area contributed by atoms with Gasteiger partial charge in [0.25, 0.3) is 5.91 Å². The topological polar surface area (TPSA) is 93.7 Å². The monoisotopic (exact) mass is 518 g/mol. The number of hydrogen-bond acceptors (Lipinski definition) is 6. The number of ether oxygens (including phenoxy) is 2. The van der Waals surface area contributed by atoms with Crippen molar-refractivity contribution in [2.24, 2.45) is 0 Å². The average molecular weight is 519 g/mol. The van der Waals surface area contributed by atoms with E-state index in [9.17, 15) is 14.4 Å². The maximum atomic E-state index is 12.6. The van der Waals surface area contributed by atoms with E-state index >= 15 is 0 Å². The van der Waals surface area contributed by atoms with E-state index in [2.05, 4.69) is 26.6 Å². The van der Waals surface area contributed by atoms with Crippen LogP contribution in [0.4, 0.5) is 10.7 Å². The van der Waals surface area contributed by atoms with Gasteiger partial charge in [0.05, 0.1) is 15.8 Å². The minimum atomic E-state index is -0.538. The SMILES string of the molecule is CCOC(=O)c1c(NC(C)=O)sc2c(OCC(=O)Nc3c(C)cccc3C)c(Br)ccc12. The van der Waals surface area contributed by atoms with E-state index in [4.69, 9.17) is 9.47 Å². The normalized spacial score (nSPS) is 10.7. The van der Waals surface area contributed by atoms with Crippen molar-refractivity contribution in [1.82, 2.24) is 0 Å². The second-order valence-electron chi connectivity index (χ2n) is 7.06. The van der Waals surface area contributed by atoms with Gasteiger partial charge in [-0.25, -0.2) is 4.79 Å². The van der Waals surface area contributed by atoms with Crippen LogP contribution < -0.4 is 15.4 Å². The largest absolute Gasteiger partial charge is 0.481 e. The molecule has 0 unspecified atom stereocenters. The molecule has 0 saturated carbocycles. The van der Waals surface area contributed by atoms with E-state index in [0.717, 1.165) is 16.8 Å². The molecular formula is C23H23BrN2O5S. The molecule has 2 aromatic carbocycles. The maximum Gasteiger partial charge on any atom is 0.341 e. The third kappa shape index (κ3) is 5.11. The lowest BCUT2D eigenvalue weighted by atomic mass is 10.1. The Morgan fingerprint density at radius 2 is 1.75 bits per heavy atom. The van der Waals surface area contributed by atoms with Crippen molar-refractivity contribution in [3.63, 3.8) is 0 Å². The fraction of sp³-hybridized carbons (Fsp3) is 0.261. The number of halogens is 1. The van der Waals surface area contributed by atoms with Crippen molar-refractivity contribution < 1.29 is 23.9 Å². The number of benzene rings is 2. The van der Waals surface area contributed by atoms with Crippen molar-refractivity contribution in [3.05, 3.63) is 51.5 Å². The lowest BCUT2D eigenvalue weighted by molar-refractivity contribution is -0.118. The fourth-order valence-electron chi connectivity index (χ4n) is 3.23. The lowest BCUT2D eigenvalue weighted by Crippen LogP contribution is -2.21. The molecule has 1 aromatic heterocycles. The van der Waals surface area contributed by atoms with Crippen LogP contribution in [0.25, 0.3) is 10.1 Å². The van der Waals surface area contributed by atoms with Crippen LogP contribution in [-0.2, 0) is 14.3 Å². The average Bonchev–Trinajstić information content (AvgIpc) is 3.07. The Kier molecular flexibility index (Phi) is 7.52. The van der Waals surface area contributed by atoms with Crippen LogP contribution in [0.15, 0.2) is 34.8 Å². The zero-order chi connectivity index (χ0) is 23.4. The molecule has 7 nitrogen and oxygen atoms in total. The predicted octanol–water partition coefficient (Wildman–Crippen LogP) is 5.43. The second kappa shape index (κ2) is 10.1. The van der Waals surface area contributed by atoms with Crippen molar-refractivity contribution in [2.45, 2.75) is 27.7 Å². The molecule has 0 atom stereocenters. The molecule has 0 bridgehead atoms. The molecule has 0 spiro atoms. The highest BCUT2D eigenvalue weighted by molar-refractivity contribution is 9.10. The Morgan fingerprint density at radius 1 is 1.06 bits per heavy atom. The molecule has 0 aliphatic rings. The van der Waals surface area contributed by atoms with Gasteiger partial charge >= 0.3 is 5.97 Å². The zero-order valence-electron chi connectivity index (χ0n) is 18.1. The number of rotatable bonds is 7. The smallest absolute Gasteiger partial charge is 0.341 e. The summed E-state index contributed by atoms with van der Waals surface area (Å²) < 4.78 is 12.3. The third-order valence-electron chi connectivity index (χ3n) is 4.63. The van der Waals surface area contributed by atoms with Gasteiger partial charge in [0, 0.05) is 18.0 Å². The van der Waals surface area contributed by atoms with E-state index in [1.54, 1.807) is 19.1 Å². The first-order chi connectivity index (χ1) is 15.2. The third-order valence-corrected chi connectivity index (χ3v) is 6.37. The molecule has 0 radical (unpaired) electrons. The number of hydrogen-bond donors (Lipinski definition) is 2. The first-order valence-electron chi connectivity index (χ1n) is 9.91. The van der Waals surface area contributed by atoms with Crippen molar-refractivity contribution in [2.75, 3.05) is 23.8 Å². The van der Waals surface area contributed by atoms with Crippen molar-refractivity contribution in [1.29, 1.82) is 0 Å². The van der Waals surface area contributed by atoms with E-state index in [0.29, 0.717) is 25.3 Å². The Bertz CT molecular complexity index is 1180. The highest BCUT2D eigenvalue weighted by Crippen LogP contribution is 2.44. The molecule has 9 heteroatoms. The Labute approximate surface area is 198 Å². The summed E-state index contributed by atoms with van der Waals surface area (Å²) in [6.07, 6.45) is 0. The summed E-state index contributed by atoms with van der Waals surface area (Å²) in [6, 6.07) is 9.25. The summed E-state index contributed by atoms with van der Waals surface area (Å²) in [4.78, 5) is 36.8. The van der Waals surface area contributed by atoms with E-state index in [-0.39, 0.29) is 30.6 Å². The van der Waals surface area contributed by atoms with Gasteiger partial charge in [-0.2, -0.15) is 0 Å². The summed E-state index contributed by atoms with van der Waals surface area (Å²) in [5, 5.41) is 6.52. The first kappa shape index (κ1) is 23.7. The van der Waals surface area contributed by atoms with Gasteiger partial charge in [-0.05, 0) is 53.9 Å². The zero-order valence-corrected chi connectivity index (χ0v) is 20.5. The van der Waals surface area contributed by atoms with Crippen molar-refractivity contribution in [3.8, 4) is 5.75 Å². The molecule has 0 aliphatic carbocycles. The minimum absolute atomic E-state index is 0.202. The molecule has 0 saturated heterocycles. The molecule has 2 amide bonds. The molecule has 3 aromatic rings. The number of para-hydroxylation sites is 1. The molecule has 0 aliphatic heterocycles. The number of fused-ring (bicyclic) bond motifs is 1. The first-order valence-corrected chi connectivity index (χ1v) is 11.5.